The van der Waals surface area contributed by atoms with Crippen LogP contribution in [0.3, 0.4) is 0 Å². The topological polar surface area (TPSA) is 58.0 Å². The van der Waals surface area contributed by atoms with E-state index in [0.717, 1.165) is 5.69 Å². The number of phenolic OH excluding ortho intramolecular Hbond substituents is 1. The molecule has 4 heteroatoms. The quantitative estimate of drug-likeness (QED) is 0.709. The van der Waals surface area contributed by atoms with Gasteiger partial charge in [0.15, 0.2) is 0 Å². The number of nitrogens with zero attached hydrogens (tertiary/aromatic N) is 1. The minimum atomic E-state index is -0.177. The molecule has 0 aliphatic rings. The first-order chi connectivity index (χ1) is 6.68. The van der Waals surface area contributed by atoms with Crippen LogP contribution in [0.25, 0.3) is 5.69 Å². The molecule has 2 aromatic rings. The highest BCUT2D eigenvalue weighted by molar-refractivity contribution is 5.44. The highest BCUT2D eigenvalue weighted by Crippen LogP contribution is 2.17. The van der Waals surface area contributed by atoms with Crippen LogP contribution in [0.15, 0.2) is 35.1 Å². The number of aromatic nitrogens is 2. The van der Waals surface area contributed by atoms with E-state index in [0.29, 0.717) is 5.69 Å². The van der Waals surface area contributed by atoms with Crippen molar-refractivity contribution < 1.29 is 5.11 Å². The summed E-state index contributed by atoms with van der Waals surface area (Å²) in [6.07, 6.45) is 0. The Kier molecular flexibility index (Phi) is 1.89. The molecule has 0 saturated heterocycles. The Hall–Kier alpha value is -1.97. The number of H-pyrrole nitrogens is 1. The van der Waals surface area contributed by atoms with Gasteiger partial charge >= 0.3 is 0 Å². The minimum Gasteiger partial charge on any atom is -0.506 e. The molecule has 0 amide bonds. The molecular weight excluding hydrogens is 180 g/mol. The van der Waals surface area contributed by atoms with Crippen molar-refractivity contribution in [3.63, 3.8) is 0 Å². The largest absolute Gasteiger partial charge is 0.506 e. The Morgan fingerprint density at radius 1 is 1.36 bits per heavy atom. The van der Waals surface area contributed by atoms with Crippen molar-refractivity contribution in [3.8, 4) is 11.4 Å². The van der Waals surface area contributed by atoms with Crippen LogP contribution >= 0.6 is 0 Å². The van der Waals surface area contributed by atoms with Gasteiger partial charge in [-0.05, 0) is 19.1 Å². The average Bonchev–Trinajstić information content (AvgIpc) is 2.46. The van der Waals surface area contributed by atoms with E-state index in [2.05, 4.69) is 5.10 Å². The molecule has 0 atom stereocenters. The van der Waals surface area contributed by atoms with Crippen molar-refractivity contribution in [1.82, 2.24) is 9.78 Å². The summed E-state index contributed by atoms with van der Waals surface area (Å²) in [7, 11) is 0. The van der Waals surface area contributed by atoms with E-state index < -0.39 is 0 Å². The summed E-state index contributed by atoms with van der Waals surface area (Å²) in [5.41, 5.74) is 1.05. The van der Waals surface area contributed by atoms with Gasteiger partial charge in [0.25, 0.3) is 5.56 Å². The molecule has 0 unspecified atom stereocenters. The summed E-state index contributed by atoms with van der Waals surface area (Å²) in [5.74, 6) is 0.0800. The molecule has 0 aliphatic heterocycles. The minimum absolute atomic E-state index is 0.0800. The Labute approximate surface area is 80.4 Å². The van der Waals surface area contributed by atoms with Crippen molar-refractivity contribution in [2.45, 2.75) is 6.92 Å². The summed E-state index contributed by atoms with van der Waals surface area (Å²) in [6, 6.07) is 8.16. The SMILES string of the molecule is Cc1cc(=O)n(-c2ccccc2O)[nH]1. The fraction of sp³-hybridized carbons (Fsp3) is 0.100. The molecule has 72 valence electrons. The smallest absolute Gasteiger partial charge is 0.271 e. The molecule has 0 radical (unpaired) electrons. The number of nitrogens with one attached hydrogen (secondary N) is 1. The highest BCUT2D eigenvalue weighted by Gasteiger charge is 2.05. The predicted octanol–water partition coefficient (Wildman–Crippen LogP) is 1.18. The Bertz CT molecular complexity index is 511. The molecule has 0 saturated carbocycles. The lowest BCUT2D eigenvalue weighted by Crippen LogP contribution is -2.13. The van der Waals surface area contributed by atoms with Crippen molar-refractivity contribution >= 4 is 0 Å². The van der Waals surface area contributed by atoms with Crippen molar-refractivity contribution in [3.05, 3.63) is 46.4 Å². The van der Waals surface area contributed by atoms with Gasteiger partial charge in [-0.1, -0.05) is 12.1 Å². The third-order valence-electron chi connectivity index (χ3n) is 1.97. The van der Waals surface area contributed by atoms with Gasteiger partial charge in [0.2, 0.25) is 0 Å². The van der Waals surface area contributed by atoms with Gasteiger partial charge in [-0.3, -0.25) is 9.89 Å². The zero-order valence-electron chi connectivity index (χ0n) is 7.69. The van der Waals surface area contributed by atoms with Gasteiger partial charge in [-0.2, -0.15) is 0 Å². The van der Waals surface area contributed by atoms with Gasteiger partial charge < -0.3 is 5.11 Å². The maximum absolute atomic E-state index is 11.4. The predicted molar refractivity (Wildman–Crippen MR) is 52.8 cm³/mol. The average molecular weight is 190 g/mol. The first kappa shape index (κ1) is 8.62. The number of benzene rings is 1. The number of para-hydroxylation sites is 2. The summed E-state index contributed by atoms with van der Waals surface area (Å²) in [6.45, 7) is 1.79. The Balaban J connectivity index is 2.66. The highest BCUT2D eigenvalue weighted by atomic mass is 16.3. The summed E-state index contributed by atoms with van der Waals surface area (Å²) < 4.78 is 1.31. The van der Waals surface area contributed by atoms with E-state index in [9.17, 15) is 9.90 Å². The lowest BCUT2D eigenvalue weighted by atomic mass is 10.3. The summed E-state index contributed by atoms with van der Waals surface area (Å²) in [4.78, 5) is 11.4. The number of hydrogen-bond donors (Lipinski definition) is 2. The van der Waals surface area contributed by atoms with Crippen LogP contribution in [-0.4, -0.2) is 14.9 Å². The molecule has 14 heavy (non-hydrogen) atoms. The molecule has 0 bridgehead atoms. The number of phenols is 1. The second-order valence-electron chi connectivity index (χ2n) is 3.10. The lowest BCUT2D eigenvalue weighted by Gasteiger charge is -2.03. The second kappa shape index (κ2) is 3.06. The lowest BCUT2D eigenvalue weighted by molar-refractivity contribution is 0.470. The molecule has 2 N–H and O–H groups in total. The molecule has 1 aromatic carbocycles. The van der Waals surface area contributed by atoms with Crippen LogP contribution in [0.5, 0.6) is 5.75 Å². The van der Waals surface area contributed by atoms with Crippen LogP contribution in [0.1, 0.15) is 5.69 Å². The number of aromatic amines is 1. The van der Waals surface area contributed by atoms with Crippen LogP contribution in [-0.2, 0) is 0 Å². The van der Waals surface area contributed by atoms with E-state index in [1.54, 1.807) is 25.1 Å². The number of aryl methyl sites for hydroxylation is 1. The van der Waals surface area contributed by atoms with E-state index in [1.165, 1.54) is 16.8 Å². The zero-order valence-corrected chi connectivity index (χ0v) is 7.69. The van der Waals surface area contributed by atoms with Gasteiger partial charge in [0.05, 0.1) is 0 Å². The molecule has 0 fully saturated rings. The van der Waals surface area contributed by atoms with E-state index in [1.807, 2.05) is 0 Å². The number of rotatable bonds is 1. The Morgan fingerprint density at radius 3 is 2.64 bits per heavy atom. The van der Waals surface area contributed by atoms with Gasteiger partial charge in [0, 0.05) is 11.8 Å². The zero-order chi connectivity index (χ0) is 10.1. The van der Waals surface area contributed by atoms with E-state index in [4.69, 9.17) is 0 Å². The third kappa shape index (κ3) is 1.31. The third-order valence-corrected chi connectivity index (χ3v) is 1.97. The van der Waals surface area contributed by atoms with E-state index in [-0.39, 0.29) is 11.3 Å². The normalized spacial score (nSPS) is 10.4. The van der Waals surface area contributed by atoms with Crippen LogP contribution in [0, 0.1) is 6.92 Å². The van der Waals surface area contributed by atoms with Crippen LogP contribution in [0.4, 0.5) is 0 Å². The number of hydrogen-bond acceptors (Lipinski definition) is 2. The van der Waals surface area contributed by atoms with Gasteiger partial charge in [-0.25, -0.2) is 4.68 Å². The van der Waals surface area contributed by atoms with Gasteiger partial charge in [0.1, 0.15) is 11.4 Å². The fourth-order valence-electron chi connectivity index (χ4n) is 1.35. The maximum atomic E-state index is 11.4. The molecule has 0 aliphatic carbocycles. The molecule has 1 heterocycles. The molecular formula is C10H10N2O2. The second-order valence-corrected chi connectivity index (χ2v) is 3.10. The molecule has 4 nitrogen and oxygen atoms in total. The first-order valence-electron chi connectivity index (χ1n) is 4.25. The van der Waals surface area contributed by atoms with Crippen molar-refractivity contribution in [1.29, 1.82) is 0 Å². The van der Waals surface area contributed by atoms with Crippen LogP contribution in [0.2, 0.25) is 0 Å². The molecule has 0 spiro atoms. The summed E-state index contributed by atoms with van der Waals surface area (Å²) >= 11 is 0. The summed E-state index contributed by atoms with van der Waals surface area (Å²) in [5, 5.41) is 12.4. The van der Waals surface area contributed by atoms with Gasteiger partial charge in [-0.15, -0.1) is 0 Å². The standard InChI is InChI=1S/C10H10N2O2/c1-7-6-10(14)12(11-7)8-4-2-3-5-9(8)13/h2-6,11,13H,1H3. The van der Waals surface area contributed by atoms with Crippen molar-refractivity contribution in [2.24, 2.45) is 0 Å². The Morgan fingerprint density at radius 2 is 2.07 bits per heavy atom. The first-order valence-corrected chi connectivity index (χ1v) is 4.25. The van der Waals surface area contributed by atoms with Crippen molar-refractivity contribution in [2.75, 3.05) is 0 Å². The van der Waals surface area contributed by atoms with E-state index >= 15 is 0 Å². The van der Waals surface area contributed by atoms with Crippen LogP contribution < -0.4 is 5.56 Å². The monoisotopic (exact) mass is 190 g/mol. The fourth-order valence-corrected chi connectivity index (χ4v) is 1.35. The molecule has 2 rings (SSSR count). The number of aromatic hydroxyl groups is 1. The molecule has 1 aromatic heterocycles. The maximum Gasteiger partial charge on any atom is 0.271 e.